The van der Waals surface area contributed by atoms with E-state index in [0.29, 0.717) is 23.6 Å². The second-order valence-electron chi connectivity index (χ2n) is 10.1. The van der Waals surface area contributed by atoms with E-state index in [2.05, 4.69) is 17.1 Å². The molecule has 158 valence electrons. The lowest BCUT2D eigenvalue weighted by Crippen LogP contribution is -2.47. The molecule has 7 atom stereocenters. The van der Waals surface area contributed by atoms with Crippen LogP contribution in [0.15, 0.2) is 24.3 Å². The number of fused-ring (bicyclic) bond motifs is 1. The Balaban J connectivity index is 1.24. The van der Waals surface area contributed by atoms with Crippen molar-refractivity contribution < 1.29 is 15.0 Å². The predicted octanol–water partition coefficient (Wildman–Crippen LogP) is 2.67. The molecule has 2 aliphatic carbocycles. The van der Waals surface area contributed by atoms with E-state index in [1.165, 1.54) is 18.4 Å². The molecule has 4 fully saturated rings. The molecular formula is C24H34N2O3. The lowest BCUT2D eigenvalue weighted by atomic mass is 9.78. The van der Waals surface area contributed by atoms with Gasteiger partial charge in [0.1, 0.15) is 12.0 Å². The standard InChI is InChI=1S/C24H34N2O3/c1-16(18-6-4-17(14-27)5-7-18)20-12-19(24(29)15-26(20)24)13-25-21-8-9-22(28)23(21)10-2-3-11-23/h4-7,14,16,19-22,25,28-29H,2-3,8-13,15H2,1H3. The van der Waals surface area contributed by atoms with Crippen LogP contribution < -0.4 is 5.32 Å². The SMILES string of the molecule is CC(c1ccc(C=O)cc1)C1CC(CNC2CCC(O)C23CCCC3)C2(O)CN12. The van der Waals surface area contributed by atoms with Crippen LogP contribution in [0.2, 0.25) is 0 Å². The molecule has 0 bridgehead atoms. The molecule has 4 aliphatic rings. The molecule has 29 heavy (non-hydrogen) atoms. The molecule has 0 aromatic heterocycles. The Hall–Kier alpha value is -1.27. The number of piperidine rings is 1. The first kappa shape index (κ1) is 19.7. The van der Waals surface area contributed by atoms with Crippen molar-refractivity contribution in [2.75, 3.05) is 13.1 Å². The Morgan fingerprint density at radius 3 is 2.66 bits per heavy atom. The van der Waals surface area contributed by atoms with E-state index in [9.17, 15) is 15.0 Å². The summed E-state index contributed by atoms with van der Waals surface area (Å²) in [6, 6.07) is 8.59. The van der Waals surface area contributed by atoms with E-state index in [1.54, 1.807) is 0 Å². The zero-order valence-electron chi connectivity index (χ0n) is 17.4. The first-order valence-electron chi connectivity index (χ1n) is 11.4. The number of carbonyl (C=O) groups excluding carboxylic acids is 1. The van der Waals surface area contributed by atoms with Gasteiger partial charge < -0.3 is 15.5 Å². The first-order valence-corrected chi connectivity index (χ1v) is 11.4. The summed E-state index contributed by atoms with van der Waals surface area (Å²) in [6.07, 6.45) is 8.43. The maximum absolute atomic E-state index is 11.1. The molecule has 2 saturated heterocycles. The lowest BCUT2D eigenvalue weighted by Gasteiger charge is -2.35. The van der Waals surface area contributed by atoms with Gasteiger partial charge in [-0.15, -0.1) is 0 Å². The Morgan fingerprint density at radius 2 is 1.97 bits per heavy atom. The van der Waals surface area contributed by atoms with Crippen molar-refractivity contribution in [3.63, 3.8) is 0 Å². The molecule has 1 aromatic carbocycles. The molecule has 3 N–H and O–H groups in total. The number of hydrogen-bond acceptors (Lipinski definition) is 5. The molecule has 2 saturated carbocycles. The smallest absolute Gasteiger partial charge is 0.150 e. The second kappa shape index (κ2) is 7.16. The summed E-state index contributed by atoms with van der Waals surface area (Å²) in [5, 5.41) is 25.6. The van der Waals surface area contributed by atoms with Crippen LogP contribution >= 0.6 is 0 Å². The highest BCUT2D eigenvalue weighted by molar-refractivity contribution is 5.74. The van der Waals surface area contributed by atoms with Gasteiger partial charge in [0.2, 0.25) is 0 Å². The van der Waals surface area contributed by atoms with E-state index in [4.69, 9.17) is 0 Å². The van der Waals surface area contributed by atoms with Gasteiger partial charge in [0.15, 0.2) is 0 Å². The summed E-state index contributed by atoms with van der Waals surface area (Å²) in [5.41, 5.74) is 1.36. The third-order valence-corrected chi connectivity index (χ3v) is 8.78. The van der Waals surface area contributed by atoms with Crippen molar-refractivity contribution >= 4 is 6.29 Å². The molecule has 5 rings (SSSR count). The number of nitrogens with zero attached hydrogens (tertiary/aromatic N) is 1. The Morgan fingerprint density at radius 1 is 1.24 bits per heavy atom. The first-order chi connectivity index (χ1) is 14.0. The highest BCUT2D eigenvalue weighted by atomic mass is 16.3. The maximum atomic E-state index is 11.1. The van der Waals surface area contributed by atoms with E-state index >= 15 is 0 Å². The van der Waals surface area contributed by atoms with Crippen molar-refractivity contribution in [3.05, 3.63) is 35.4 Å². The van der Waals surface area contributed by atoms with Gasteiger partial charge in [0.05, 0.1) is 6.10 Å². The van der Waals surface area contributed by atoms with Crippen LogP contribution in [0.3, 0.4) is 0 Å². The van der Waals surface area contributed by atoms with Crippen molar-refractivity contribution in [2.45, 2.75) is 81.7 Å². The van der Waals surface area contributed by atoms with Crippen LogP contribution in [0.5, 0.6) is 0 Å². The minimum Gasteiger partial charge on any atom is -0.392 e. The highest BCUT2D eigenvalue weighted by Gasteiger charge is 2.65. The van der Waals surface area contributed by atoms with Crippen LogP contribution in [-0.2, 0) is 0 Å². The molecule has 5 nitrogen and oxygen atoms in total. The maximum Gasteiger partial charge on any atom is 0.150 e. The summed E-state index contributed by atoms with van der Waals surface area (Å²) >= 11 is 0. The van der Waals surface area contributed by atoms with Gasteiger partial charge in [-0.1, -0.05) is 44.0 Å². The number of aliphatic hydroxyl groups excluding tert-OH is 1. The van der Waals surface area contributed by atoms with Crippen molar-refractivity contribution in [1.82, 2.24) is 10.2 Å². The summed E-state index contributed by atoms with van der Waals surface area (Å²) in [4.78, 5) is 13.2. The zero-order valence-corrected chi connectivity index (χ0v) is 17.4. The van der Waals surface area contributed by atoms with Crippen LogP contribution in [0, 0.1) is 11.3 Å². The Kier molecular flexibility index (Phi) is 4.86. The van der Waals surface area contributed by atoms with Crippen molar-refractivity contribution in [2.24, 2.45) is 11.3 Å². The molecule has 1 spiro atoms. The summed E-state index contributed by atoms with van der Waals surface area (Å²) in [6.45, 7) is 3.83. The minimum atomic E-state index is -0.658. The van der Waals surface area contributed by atoms with Gasteiger partial charge in [-0.2, -0.15) is 0 Å². The molecular weight excluding hydrogens is 364 g/mol. The molecule has 0 radical (unpaired) electrons. The molecule has 0 amide bonds. The van der Waals surface area contributed by atoms with E-state index in [-0.39, 0.29) is 17.4 Å². The number of nitrogens with one attached hydrogen (secondary N) is 1. The van der Waals surface area contributed by atoms with Gasteiger partial charge in [-0.25, -0.2) is 0 Å². The fourth-order valence-electron chi connectivity index (χ4n) is 6.85. The fraction of sp³-hybridized carbons (Fsp3) is 0.708. The molecule has 2 aliphatic heterocycles. The lowest BCUT2D eigenvalue weighted by molar-refractivity contribution is 0.0329. The van der Waals surface area contributed by atoms with Gasteiger partial charge in [-0.3, -0.25) is 9.69 Å². The number of aliphatic hydroxyl groups is 2. The van der Waals surface area contributed by atoms with Gasteiger partial charge >= 0.3 is 0 Å². The van der Waals surface area contributed by atoms with Gasteiger partial charge in [-0.05, 0) is 43.6 Å². The second-order valence-corrected chi connectivity index (χ2v) is 10.1. The average molecular weight is 399 g/mol. The van der Waals surface area contributed by atoms with E-state index < -0.39 is 5.72 Å². The monoisotopic (exact) mass is 398 g/mol. The van der Waals surface area contributed by atoms with E-state index in [0.717, 1.165) is 51.5 Å². The summed E-state index contributed by atoms with van der Waals surface area (Å²) < 4.78 is 0. The molecule has 5 heteroatoms. The number of carbonyl (C=O) groups is 1. The fourth-order valence-corrected chi connectivity index (χ4v) is 6.85. The highest BCUT2D eigenvalue weighted by Crippen LogP contribution is 2.54. The summed E-state index contributed by atoms with van der Waals surface area (Å²) in [5.74, 6) is 0.560. The number of benzene rings is 1. The quantitative estimate of drug-likeness (QED) is 0.508. The third kappa shape index (κ3) is 3.09. The predicted molar refractivity (Wildman–Crippen MR) is 112 cm³/mol. The number of aldehydes is 1. The molecule has 2 heterocycles. The van der Waals surface area contributed by atoms with Crippen molar-refractivity contribution in [3.8, 4) is 0 Å². The third-order valence-electron chi connectivity index (χ3n) is 8.78. The minimum absolute atomic E-state index is 0.0808. The van der Waals surface area contributed by atoms with Crippen LogP contribution in [0.1, 0.15) is 73.7 Å². The van der Waals surface area contributed by atoms with Crippen LogP contribution in [-0.4, -0.2) is 58.4 Å². The average Bonchev–Trinajstić information content (AvgIpc) is 3.05. The van der Waals surface area contributed by atoms with Gasteiger partial charge in [0, 0.05) is 42.1 Å². The zero-order chi connectivity index (χ0) is 20.2. The van der Waals surface area contributed by atoms with E-state index in [1.807, 2.05) is 24.3 Å². The summed E-state index contributed by atoms with van der Waals surface area (Å²) in [7, 11) is 0. The molecule has 7 unspecified atom stereocenters. The topological polar surface area (TPSA) is 72.6 Å². The van der Waals surface area contributed by atoms with Crippen molar-refractivity contribution in [1.29, 1.82) is 0 Å². The number of rotatable bonds is 6. The number of hydrogen-bond donors (Lipinski definition) is 3. The largest absolute Gasteiger partial charge is 0.392 e. The normalized spacial score (nSPS) is 40.9. The Bertz CT molecular complexity index is 760. The van der Waals surface area contributed by atoms with Crippen LogP contribution in [0.25, 0.3) is 0 Å². The van der Waals surface area contributed by atoms with Crippen LogP contribution in [0.4, 0.5) is 0 Å². The van der Waals surface area contributed by atoms with Gasteiger partial charge in [0.25, 0.3) is 0 Å². The molecule has 1 aromatic rings. The Labute approximate surface area is 173 Å².